The molecular weight excluding hydrogens is 306 g/mol. The SMILES string of the molecule is OC(CNc1ccc(Br)cc1)COc1ccccc1. The van der Waals surface area contributed by atoms with E-state index in [1.165, 1.54) is 0 Å². The van der Waals surface area contributed by atoms with E-state index in [0.29, 0.717) is 6.54 Å². The van der Waals surface area contributed by atoms with Crippen LogP contribution in [0.25, 0.3) is 0 Å². The van der Waals surface area contributed by atoms with E-state index in [-0.39, 0.29) is 6.61 Å². The highest BCUT2D eigenvalue weighted by Crippen LogP contribution is 2.14. The summed E-state index contributed by atoms with van der Waals surface area (Å²) >= 11 is 3.38. The van der Waals surface area contributed by atoms with Gasteiger partial charge >= 0.3 is 0 Å². The van der Waals surface area contributed by atoms with Gasteiger partial charge in [-0.25, -0.2) is 0 Å². The van der Waals surface area contributed by atoms with Crippen molar-refractivity contribution in [3.63, 3.8) is 0 Å². The first-order valence-corrected chi connectivity index (χ1v) is 6.89. The third-order valence-electron chi connectivity index (χ3n) is 2.57. The maximum absolute atomic E-state index is 9.83. The summed E-state index contributed by atoms with van der Waals surface area (Å²) in [5.74, 6) is 0.769. The van der Waals surface area contributed by atoms with Crippen LogP contribution in [0.1, 0.15) is 0 Å². The first-order chi connectivity index (χ1) is 9.24. The molecule has 0 spiro atoms. The number of hydrogen-bond acceptors (Lipinski definition) is 3. The molecule has 0 aliphatic rings. The summed E-state index contributed by atoms with van der Waals surface area (Å²) in [5, 5.41) is 13.0. The van der Waals surface area contributed by atoms with Crippen LogP contribution in [0.4, 0.5) is 5.69 Å². The van der Waals surface area contributed by atoms with Crippen molar-refractivity contribution in [2.75, 3.05) is 18.5 Å². The first kappa shape index (κ1) is 13.9. The zero-order chi connectivity index (χ0) is 13.5. The van der Waals surface area contributed by atoms with Crippen molar-refractivity contribution in [1.82, 2.24) is 0 Å². The molecule has 1 atom stereocenters. The molecule has 0 aromatic heterocycles. The average molecular weight is 322 g/mol. The van der Waals surface area contributed by atoms with E-state index in [9.17, 15) is 5.11 Å². The number of nitrogens with one attached hydrogen (secondary N) is 1. The fourth-order valence-corrected chi connectivity index (χ4v) is 1.84. The van der Waals surface area contributed by atoms with Gasteiger partial charge in [-0.2, -0.15) is 0 Å². The number of hydrogen-bond donors (Lipinski definition) is 2. The van der Waals surface area contributed by atoms with Gasteiger partial charge in [0.05, 0.1) is 0 Å². The van der Waals surface area contributed by atoms with Crippen LogP contribution in [0.2, 0.25) is 0 Å². The monoisotopic (exact) mass is 321 g/mol. The molecular formula is C15H16BrNO2. The van der Waals surface area contributed by atoms with E-state index in [0.717, 1.165) is 15.9 Å². The molecule has 0 heterocycles. The molecule has 1 unspecified atom stereocenters. The lowest BCUT2D eigenvalue weighted by Gasteiger charge is -2.14. The van der Waals surface area contributed by atoms with Gasteiger partial charge in [0.25, 0.3) is 0 Å². The fourth-order valence-electron chi connectivity index (χ4n) is 1.57. The third-order valence-corrected chi connectivity index (χ3v) is 3.10. The van der Waals surface area contributed by atoms with Crippen LogP contribution in [0.15, 0.2) is 59.1 Å². The van der Waals surface area contributed by atoms with Crippen LogP contribution in [-0.4, -0.2) is 24.4 Å². The van der Waals surface area contributed by atoms with Crippen LogP contribution >= 0.6 is 15.9 Å². The smallest absolute Gasteiger partial charge is 0.119 e. The molecule has 100 valence electrons. The van der Waals surface area contributed by atoms with Gasteiger partial charge in [0.2, 0.25) is 0 Å². The number of anilines is 1. The summed E-state index contributed by atoms with van der Waals surface area (Å²) in [6, 6.07) is 17.3. The number of aliphatic hydroxyl groups is 1. The maximum atomic E-state index is 9.83. The Balaban J connectivity index is 1.72. The first-order valence-electron chi connectivity index (χ1n) is 6.09. The van der Waals surface area contributed by atoms with Crippen molar-refractivity contribution < 1.29 is 9.84 Å². The van der Waals surface area contributed by atoms with E-state index < -0.39 is 6.10 Å². The van der Waals surface area contributed by atoms with Crippen molar-refractivity contribution >= 4 is 21.6 Å². The number of ether oxygens (including phenoxy) is 1. The lowest BCUT2D eigenvalue weighted by atomic mass is 10.3. The van der Waals surface area contributed by atoms with Crippen LogP contribution in [0.5, 0.6) is 5.75 Å². The van der Waals surface area contributed by atoms with Gasteiger partial charge in [-0.3, -0.25) is 0 Å². The fraction of sp³-hybridized carbons (Fsp3) is 0.200. The van der Waals surface area contributed by atoms with Gasteiger partial charge in [-0.1, -0.05) is 34.1 Å². The maximum Gasteiger partial charge on any atom is 0.119 e. The minimum atomic E-state index is -0.552. The van der Waals surface area contributed by atoms with Crippen molar-refractivity contribution in [2.24, 2.45) is 0 Å². The van der Waals surface area contributed by atoms with Gasteiger partial charge in [0, 0.05) is 16.7 Å². The molecule has 0 fully saturated rings. The summed E-state index contributed by atoms with van der Waals surface area (Å²) in [6.07, 6.45) is -0.552. The molecule has 0 aliphatic heterocycles. The predicted molar refractivity (Wildman–Crippen MR) is 80.6 cm³/mol. The molecule has 19 heavy (non-hydrogen) atoms. The Hall–Kier alpha value is -1.52. The molecule has 0 saturated carbocycles. The van der Waals surface area contributed by atoms with E-state index in [1.54, 1.807) is 0 Å². The number of halogens is 1. The topological polar surface area (TPSA) is 41.5 Å². The lowest BCUT2D eigenvalue weighted by Crippen LogP contribution is -2.26. The molecule has 0 aliphatic carbocycles. The average Bonchev–Trinajstić information content (AvgIpc) is 2.45. The Morgan fingerprint density at radius 1 is 1.05 bits per heavy atom. The summed E-state index contributed by atoms with van der Waals surface area (Å²) < 4.78 is 6.51. The van der Waals surface area contributed by atoms with E-state index in [4.69, 9.17) is 4.74 Å². The van der Waals surface area contributed by atoms with E-state index >= 15 is 0 Å². The number of benzene rings is 2. The van der Waals surface area contributed by atoms with Gasteiger partial charge in [-0.15, -0.1) is 0 Å². The predicted octanol–water partition coefficient (Wildman–Crippen LogP) is 3.30. The molecule has 0 radical (unpaired) electrons. The summed E-state index contributed by atoms with van der Waals surface area (Å²) in [7, 11) is 0. The summed E-state index contributed by atoms with van der Waals surface area (Å²) in [6.45, 7) is 0.724. The molecule has 2 rings (SSSR count). The van der Waals surface area contributed by atoms with Crippen molar-refractivity contribution in [3.8, 4) is 5.75 Å². The van der Waals surface area contributed by atoms with Crippen LogP contribution in [0.3, 0.4) is 0 Å². The Labute approximate surface area is 121 Å². The van der Waals surface area contributed by atoms with Crippen molar-refractivity contribution in [1.29, 1.82) is 0 Å². The number of rotatable bonds is 6. The Morgan fingerprint density at radius 2 is 1.74 bits per heavy atom. The molecule has 2 N–H and O–H groups in total. The second-order valence-corrected chi connectivity index (χ2v) is 5.08. The highest BCUT2D eigenvalue weighted by atomic mass is 79.9. The molecule has 0 bridgehead atoms. The molecule has 4 heteroatoms. The van der Waals surface area contributed by atoms with E-state index in [1.807, 2.05) is 54.6 Å². The minimum Gasteiger partial charge on any atom is -0.491 e. The van der Waals surface area contributed by atoms with Crippen molar-refractivity contribution in [3.05, 3.63) is 59.1 Å². The van der Waals surface area contributed by atoms with Gasteiger partial charge in [0.15, 0.2) is 0 Å². The van der Waals surface area contributed by atoms with Gasteiger partial charge in [0.1, 0.15) is 18.5 Å². The highest BCUT2D eigenvalue weighted by Gasteiger charge is 2.05. The van der Waals surface area contributed by atoms with Crippen LogP contribution < -0.4 is 10.1 Å². The Morgan fingerprint density at radius 3 is 2.42 bits per heavy atom. The molecule has 3 nitrogen and oxygen atoms in total. The molecule has 2 aromatic rings. The minimum absolute atomic E-state index is 0.271. The molecule has 0 amide bonds. The van der Waals surface area contributed by atoms with Crippen molar-refractivity contribution in [2.45, 2.75) is 6.10 Å². The largest absolute Gasteiger partial charge is 0.491 e. The quantitative estimate of drug-likeness (QED) is 0.857. The Bertz CT molecular complexity index is 487. The highest BCUT2D eigenvalue weighted by molar-refractivity contribution is 9.10. The zero-order valence-corrected chi connectivity index (χ0v) is 12.0. The lowest BCUT2D eigenvalue weighted by molar-refractivity contribution is 0.117. The number of aliphatic hydroxyl groups excluding tert-OH is 1. The normalized spacial score (nSPS) is 11.9. The van der Waals surface area contributed by atoms with Crippen LogP contribution in [-0.2, 0) is 0 Å². The number of para-hydroxylation sites is 1. The summed E-state index contributed by atoms with van der Waals surface area (Å²) in [5.41, 5.74) is 0.974. The van der Waals surface area contributed by atoms with Crippen LogP contribution in [0, 0.1) is 0 Å². The zero-order valence-electron chi connectivity index (χ0n) is 10.4. The summed E-state index contributed by atoms with van der Waals surface area (Å²) in [4.78, 5) is 0. The second kappa shape index (κ2) is 7.16. The standard InChI is InChI=1S/C15H16BrNO2/c16-12-6-8-13(9-7-12)17-10-14(18)11-19-15-4-2-1-3-5-15/h1-9,14,17-18H,10-11H2. The second-order valence-electron chi connectivity index (χ2n) is 4.17. The molecule has 0 saturated heterocycles. The van der Waals surface area contributed by atoms with E-state index in [2.05, 4.69) is 21.2 Å². The Kier molecular flexibility index (Phi) is 5.24. The third kappa shape index (κ3) is 4.93. The van der Waals surface area contributed by atoms with Gasteiger partial charge < -0.3 is 15.2 Å². The van der Waals surface area contributed by atoms with Gasteiger partial charge in [-0.05, 0) is 36.4 Å². The molecule has 2 aromatic carbocycles.